The largest absolute Gasteiger partial charge is 0.469 e. The minimum absolute atomic E-state index is 0.234. The number of rotatable bonds is 5. The fourth-order valence-electron chi connectivity index (χ4n) is 3.33. The molecule has 1 aliphatic rings. The third-order valence-electron chi connectivity index (χ3n) is 4.67. The van der Waals surface area contributed by atoms with Crippen LogP contribution in [-0.2, 0) is 14.3 Å². The quantitative estimate of drug-likeness (QED) is 0.606. The number of hydrogen-bond donors (Lipinski definition) is 0. The lowest BCUT2D eigenvalue weighted by molar-refractivity contribution is -0.151. The van der Waals surface area contributed by atoms with Crippen LogP contribution in [0.3, 0.4) is 0 Å². The van der Waals surface area contributed by atoms with Gasteiger partial charge >= 0.3 is 5.97 Å². The predicted molar refractivity (Wildman–Crippen MR) is 99.9 cm³/mol. The maximum atomic E-state index is 12.7. The van der Waals surface area contributed by atoms with Crippen molar-refractivity contribution in [2.24, 2.45) is 5.92 Å². The molecule has 0 N–H and O–H groups in total. The van der Waals surface area contributed by atoms with Crippen LogP contribution in [0.15, 0.2) is 53.2 Å². The minimum Gasteiger partial charge on any atom is -0.469 e. The molecule has 0 radical (unpaired) electrons. The summed E-state index contributed by atoms with van der Waals surface area (Å²) in [7, 11) is 3.96. The van der Waals surface area contributed by atoms with Crippen LogP contribution in [0.5, 0.6) is 0 Å². The highest BCUT2D eigenvalue weighted by atomic mass is 16.5. The lowest BCUT2D eigenvalue weighted by Gasteiger charge is -2.27. The van der Waals surface area contributed by atoms with Crippen LogP contribution in [0.2, 0.25) is 0 Å². The third-order valence-corrected chi connectivity index (χ3v) is 4.67. The number of ether oxygens (including phenoxy) is 1. The van der Waals surface area contributed by atoms with E-state index in [9.17, 15) is 9.59 Å². The van der Waals surface area contributed by atoms with Gasteiger partial charge in [0.25, 0.3) is 0 Å². The molecule has 136 valence electrons. The lowest BCUT2D eigenvalue weighted by atomic mass is 9.76. The van der Waals surface area contributed by atoms with Gasteiger partial charge in [0.1, 0.15) is 11.7 Å². The summed E-state index contributed by atoms with van der Waals surface area (Å²) in [6.07, 6.45) is 3.68. The maximum absolute atomic E-state index is 12.7. The fourth-order valence-corrected chi connectivity index (χ4v) is 3.33. The molecule has 5 heteroatoms. The van der Waals surface area contributed by atoms with Crippen molar-refractivity contribution in [1.29, 1.82) is 0 Å². The molecule has 0 spiro atoms. The second-order valence-electron chi connectivity index (χ2n) is 6.57. The van der Waals surface area contributed by atoms with E-state index in [-0.39, 0.29) is 18.3 Å². The first-order valence-corrected chi connectivity index (χ1v) is 8.73. The SMILES string of the molecule is CCOC(=O)[C@@H]1C(=O)C=C(c2ccc(N(C)C)cc2)C[C@H]1c1ccco1. The van der Waals surface area contributed by atoms with E-state index in [0.29, 0.717) is 12.2 Å². The molecular weight excluding hydrogens is 330 g/mol. The van der Waals surface area contributed by atoms with Crippen LogP contribution < -0.4 is 4.90 Å². The molecule has 3 rings (SSSR count). The Morgan fingerprint density at radius 1 is 1.23 bits per heavy atom. The Balaban J connectivity index is 1.95. The Bertz CT molecular complexity index is 803. The Morgan fingerprint density at radius 2 is 1.96 bits per heavy atom. The first-order chi connectivity index (χ1) is 12.5. The Labute approximate surface area is 153 Å². The average molecular weight is 353 g/mol. The molecule has 1 aromatic carbocycles. The highest BCUT2D eigenvalue weighted by Gasteiger charge is 2.41. The molecule has 0 aliphatic heterocycles. The zero-order valence-corrected chi connectivity index (χ0v) is 15.3. The summed E-state index contributed by atoms with van der Waals surface area (Å²) in [6, 6.07) is 11.6. The summed E-state index contributed by atoms with van der Waals surface area (Å²) < 4.78 is 10.6. The van der Waals surface area contributed by atoms with Gasteiger partial charge in [-0.15, -0.1) is 0 Å². The number of benzene rings is 1. The second-order valence-corrected chi connectivity index (χ2v) is 6.57. The maximum Gasteiger partial charge on any atom is 0.317 e. The zero-order valence-electron chi connectivity index (χ0n) is 15.3. The number of carbonyl (C=O) groups is 2. The molecule has 2 atom stereocenters. The zero-order chi connectivity index (χ0) is 18.7. The van der Waals surface area contributed by atoms with Gasteiger partial charge in [-0.2, -0.15) is 0 Å². The van der Waals surface area contributed by atoms with E-state index < -0.39 is 11.9 Å². The van der Waals surface area contributed by atoms with Crippen LogP contribution in [-0.4, -0.2) is 32.5 Å². The highest BCUT2D eigenvalue weighted by Crippen LogP contribution is 2.40. The number of anilines is 1. The van der Waals surface area contributed by atoms with E-state index in [1.54, 1.807) is 25.3 Å². The number of allylic oxidation sites excluding steroid dienone is 2. The molecule has 0 fully saturated rings. The molecule has 1 heterocycles. The average Bonchev–Trinajstić information content (AvgIpc) is 3.15. The van der Waals surface area contributed by atoms with Gasteiger partial charge in [-0.3, -0.25) is 9.59 Å². The molecule has 0 saturated heterocycles. The van der Waals surface area contributed by atoms with Gasteiger partial charge in [0.15, 0.2) is 5.78 Å². The smallest absolute Gasteiger partial charge is 0.317 e. The molecule has 1 aliphatic carbocycles. The topological polar surface area (TPSA) is 59.8 Å². The van der Waals surface area contributed by atoms with Gasteiger partial charge in [-0.05, 0) is 54.8 Å². The summed E-state index contributed by atoms with van der Waals surface area (Å²) in [5.41, 5.74) is 2.97. The van der Waals surface area contributed by atoms with Gasteiger partial charge in [0, 0.05) is 25.7 Å². The Morgan fingerprint density at radius 3 is 2.54 bits per heavy atom. The van der Waals surface area contributed by atoms with E-state index in [1.165, 1.54) is 0 Å². The van der Waals surface area contributed by atoms with E-state index in [0.717, 1.165) is 16.8 Å². The van der Waals surface area contributed by atoms with E-state index in [4.69, 9.17) is 9.15 Å². The molecule has 0 amide bonds. The standard InChI is InChI=1S/C21H23NO4/c1-4-25-21(24)20-17(19-6-5-11-26-19)12-15(13-18(20)23)14-7-9-16(10-8-14)22(2)3/h5-11,13,17,20H,4,12H2,1-3H3/t17-,20-/m0/s1. The van der Waals surface area contributed by atoms with Crippen LogP contribution in [0.1, 0.15) is 30.6 Å². The Kier molecular flexibility index (Phi) is 5.26. The van der Waals surface area contributed by atoms with Crippen molar-refractivity contribution in [2.45, 2.75) is 19.3 Å². The van der Waals surface area contributed by atoms with Crippen LogP contribution >= 0.6 is 0 Å². The molecule has 5 nitrogen and oxygen atoms in total. The summed E-state index contributed by atoms with van der Waals surface area (Å²) >= 11 is 0. The van der Waals surface area contributed by atoms with Crippen LogP contribution in [0.4, 0.5) is 5.69 Å². The fraction of sp³-hybridized carbons (Fsp3) is 0.333. The van der Waals surface area contributed by atoms with Crippen molar-refractivity contribution in [3.63, 3.8) is 0 Å². The molecular formula is C21H23NO4. The molecule has 1 aromatic heterocycles. The lowest BCUT2D eigenvalue weighted by Crippen LogP contribution is -2.33. The summed E-state index contributed by atoms with van der Waals surface area (Å²) in [6.45, 7) is 1.98. The normalized spacial score (nSPS) is 19.8. The molecule has 0 saturated carbocycles. The van der Waals surface area contributed by atoms with Crippen molar-refractivity contribution in [1.82, 2.24) is 0 Å². The highest BCUT2D eigenvalue weighted by molar-refractivity contribution is 6.10. The van der Waals surface area contributed by atoms with Crippen LogP contribution in [0, 0.1) is 5.92 Å². The molecule has 2 aromatic rings. The predicted octanol–water partition coefficient (Wildman–Crippen LogP) is 3.66. The summed E-state index contributed by atoms with van der Waals surface area (Å²) in [5, 5.41) is 0. The van der Waals surface area contributed by atoms with Crippen LogP contribution in [0.25, 0.3) is 5.57 Å². The van der Waals surface area contributed by atoms with Crippen molar-refractivity contribution in [3.05, 3.63) is 60.1 Å². The van der Waals surface area contributed by atoms with Crippen molar-refractivity contribution < 1.29 is 18.7 Å². The van der Waals surface area contributed by atoms with Crippen molar-refractivity contribution >= 4 is 23.0 Å². The number of ketones is 1. The van der Waals surface area contributed by atoms with E-state index in [2.05, 4.69) is 0 Å². The summed E-state index contributed by atoms with van der Waals surface area (Å²) in [4.78, 5) is 27.1. The number of hydrogen-bond acceptors (Lipinski definition) is 5. The number of carbonyl (C=O) groups excluding carboxylic acids is 2. The Hall–Kier alpha value is -2.82. The van der Waals surface area contributed by atoms with Gasteiger partial charge in [0.05, 0.1) is 12.9 Å². The van der Waals surface area contributed by atoms with Crippen molar-refractivity contribution in [2.75, 3.05) is 25.6 Å². The molecule has 0 bridgehead atoms. The minimum atomic E-state index is -0.856. The summed E-state index contributed by atoms with van der Waals surface area (Å²) in [5.74, 6) is -1.30. The first-order valence-electron chi connectivity index (χ1n) is 8.73. The van der Waals surface area contributed by atoms with E-state index in [1.807, 2.05) is 49.3 Å². The van der Waals surface area contributed by atoms with Gasteiger partial charge < -0.3 is 14.1 Å². The third kappa shape index (κ3) is 3.57. The molecule has 26 heavy (non-hydrogen) atoms. The number of esters is 1. The van der Waals surface area contributed by atoms with Gasteiger partial charge in [-0.1, -0.05) is 12.1 Å². The second kappa shape index (κ2) is 7.60. The first kappa shape index (κ1) is 18.0. The molecule has 0 unspecified atom stereocenters. The number of furan rings is 1. The van der Waals surface area contributed by atoms with Crippen molar-refractivity contribution in [3.8, 4) is 0 Å². The van der Waals surface area contributed by atoms with Gasteiger partial charge in [-0.25, -0.2) is 0 Å². The monoisotopic (exact) mass is 353 g/mol. The van der Waals surface area contributed by atoms with E-state index >= 15 is 0 Å². The number of nitrogens with zero attached hydrogens (tertiary/aromatic N) is 1. The van der Waals surface area contributed by atoms with Gasteiger partial charge in [0.2, 0.25) is 0 Å².